The number of nitrogens with one attached hydrogen (secondary N) is 2. The number of hydrogen-bond donors (Lipinski definition) is 2. The van der Waals surface area contributed by atoms with E-state index in [1.165, 1.54) is 6.42 Å². The number of oxazole rings is 1. The quantitative estimate of drug-likeness (QED) is 0.364. The van der Waals surface area contributed by atoms with Gasteiger partial charge >= 0.3 is 0 Å². The highest BCUT2D eigenvalue weighted by Gasteiger charge is 2.05. The van der Waals surface area contributed by atoms with E-state index in [1.54, 1.807) is 7.05 Å². The summed E-state index contributed by atoms with van der Waals surface area (Å²) in [7, 11) is 1.76. The number of hydrogen-bond acceptors (Lipinski definition) is 3. The monoisotopic (exact) mass is 366 g/mol. The van der Waals surface area contributed by atoms with Gasteiger partial charge in [0, 0.05) is 13.6 Å². The second-order valence-electron chi connectivity index (χ2n) is 3.96. The van der Waals surface area contributed by atoms with Crippen LogP contribution in [0.15, 0.2) is 9.41 Å². The fourth-order valence-corrected chi connectivity index (χ4v) is 1.38. The van der Waals surface area contributed by atoms with Gasteiger partial charge in [-0.05, 0) is 20.3 Å². The lowest BCUT2D eigenvalue weighted by atomic mass is 10.3. The first-order valence-electron chi connectivity index (χ1n) is 6.04. The van der Waals surface area contributed by atoms with Crippen LogP contribution in [0.4, 0.5) is 0 Å². The Hall–Kier alpha value is -0.790. The van der Waals surface area contributed by atoms with Crippen molar-refractivity contribution in [2.24, 2.45) is 4.99 Å². The summed E-state index contributed by atoms with van der Waals surface area (Å²) >= 11 is 0. The molecule has 0 fully saturated rings. The van der Waals surface area contributed by atoms with Gasteiger partial charge in [0.05, 0.1) is 12.2 Å². The van der Waals surface area contributed by atoms with E-state index in [0.717, 1.165) is 30.4 Å². The number of aliphatic imine (C=N–C) groups is 1. The molecule has 1 heterocycles. The Morgan fingerprint density at radius 3 is 2.56 bits per heavy atom. The van der Waals surface area contributed by atoms with Gasteiger partial charge in [-0.3, -0.25) is 4.99 Å². The third-order valence-corrected chi connectivity index (χ3v) is 2.53. The number of nitrogens with zero attached hydrogens (tertiary/aromatic N) is 2. The molecule has 0 radical (unpaired) electrons. The first-order valence-corrected chi connectivity index (χ1v) is 6.04. The van der Waals surface area contributed by atoms with Crippen LogP contribution in [0.3, 0.4) is 0 Å². The molecule has 2 N–H and O–H groups in total. The Morgan fingerprint density at radius 2 is 2.06 bits per heavy atom. The van der Waals surface area contributed by atoms with Crippen LogP contribution >= 0.6 is 24.0 Å². The molecule has 18 heavy (non-hydrogen) atoms. The van der Waals surface area contributed by atoms with Crippen LogP contribution in [0, 0.1) is 13.8 Å². The summed E-state index contributed by atoms with van der Waals surface area (Å²) in [5.41, 5.74) is 0.940. The van der Waals surface area contributed by atoms with Crippen molar-refractivity contribution in [3.05, 3.63) is 17.3 Å². The maximum Gasteiger partial charge on any atom is 0.214 e. The minimum Gasteiger partial charge on any atom is -0.444 e. The minimum atomic E-state index is 0. The third kappa shape index (κ3) is 5.70. The van der Waals surface area contributed by atoms with Gasteiger partial charge in [-0.2, -0.15) is 0 Å². The van der Waals surface area contributed by atoms with Crippen LogP contribution in [0.2, 0.25) is 0 Å². The average Bonchev–Trinajstić information content (AvgIpc) is 2.63. The van der Waals surface area contributed by atoms with Crippen molar-refractivity contribution in [1.29, 1.82) is 0 Å². The topological polar surface area (TPSA) is 62.5 Å². The molecule has 0 bridgehead atoms. The predicted octanol–water partition coefficient (Wildman–Crippen LogP) is 2.37. The van der Waals surface area contributed by atoms with Crippen LogP contribution in [0.5, 0.6) is 0 Å². The smallest absolute Gasteiger partial charge is 0.214 e. The Kier molecular flexibility index (Phi) is 8.78. The number of halogens is 1. The molecule has 0 aliphatic rings. The van der Waals surface area contributed by atoms with Crippen molar-refractivity contribution in [2.45, 2.75) is 40.2 Å². The zero-order chi connectivity index (χ0) is 12.7. The molecule has 0 saturated carbocycles. The molecule has 6 heteroatoms. The highest BCUT2D eigenvalue weighted by molar-refractivity contribution is 14.0. The molecule has 1 rings (SSSR count). The molecule has 0 aromatic carbocycles. The Balaban J connectivity index is 0.00000289. The molecular formula is C12H23IN4O. The summed E-state index contributed by atoms with van der Waals surface area (Å²) in [5.74, 6) is 2.35. The summed E-state index contributed by atoms with van der Waals surface area (Å²) in [6.07, 6.45) is 2.31. The van der Waals surface area contributed by atoms with Gasteiger partial charge in [0.25, 0.3) is 0 Å². The minimum absolute atomic E-state index is 0. The predicted molar refractivity (Wildman–Crippen MR) is 84.5 cm³/mol. The first kappa shape index (κ1) is 17.2. The van der Waals surface area contributed by atoms with E-state index in [1.807, 2.05) is 13.8 Å². The van der Waals surface area contributed by atoms with Crippen LogP contribution in [0.25, 0.3) is 0 Å². The lowest BCUT2D eigenvalue weighted by Gasteiger charge is -2.09. The molecule has 0 spiro atoms. The molecule has 0 saturated heterocycles. The molecule has 5 nitrogen and oxygen atoms in total. The zero-order valence-corrected chi connectivity index (χ0v) is 13.9. The summed E-state index contributed by atoms with van der Waals surface area (Å²) in [4.78, 5) is 8.43. The number of aryl methyl sites for hydroxylation is 2. The van der Waals surface area contributed by atoms with Crippen molar-refractivity contribution in [2.75, 3.05) is 13.6 Å². The Bertz CT molecular complexity index is 357. The standard InChI is InChI=1S/C12H22N4O.HI/c1-5-6-7-14-12(13-4)15-8-11-16-9(2)10(3)17-11;/h5-8H2,1-4H3,(H2,13,14,15);1H. The fraction of sp³-hybridized carbons (Fsp3) is 0.667. The normalized spacial score (nSPS) is 11.0. The number of rotatable bonds is 5. The van der Waals surface area contributed by atoms with Crippen molar-refractivity contribution >= 4 is 29.9 Å². The summed E-state index contributed by atoms with van der Waals surface area (Å²) in [6, 6.07) is 0. The van der Waals surface area contributed by atoms with Crippen LogP contribution in [-0.2, 0) is 6.54 Å². The average molecular weight is 366 g/mol. The van der Waals surface area contributed by atoms with E-state index >= 15 is 0 Å². The van der Waals surface area contributed by atoms with E-state index in [9.17, 15) is 0 Å². The molecule has 104 valence electrons. The van der Waals surface area contributed by atoms with E-state index in [2.05, 4.69) is 27.5 Å². The maximum absolute atomic E-state index is 5.48. The second-order valence-corrected chi connectivity index (χ2v) is 3.96. The maximum atomic E-state index is 5.48. The molecule has 0 aliphatic carbocycles. The summed E-state index contributed by atoms with van der Waals surface area (Å²) < 4.78 is 5.48. The SMILES string of the molecule is CCCCNC(=NC)NCc1nc(C)c(C)o1.I. The van der Waals surface area contributed by atoms with E-state index in [0.29, 0.717) is 12.4 Å². The van der Waals surface area contributed by atoms with Gasteiger partial charge in [0.15, 0.2) is 5.96 Å². The number of guanidine groups is 1. The lowest BCUT2D eigenvalue weighted by molar-refractivity contribution is 0.463. The van der Waals surface area contributed by atoms with Crippen molar-refractivity contribution in [3.63, 3.8) is 0 Å². The molecule has 1 aromatic heterocycles. The molecule has 0 atom stereocenters. The van der Waals surface area contributed by atoms with Gasteiger partial charge < -0.3 is 15.1 Å². The first-order chi connectivity index (χ1) is 8.17. The molecule has 0 aliphatic heterocycles. The fourth-order valence-electron chi connectivity index (χ4n) is 1.38. The second kappa shape index (κ2) is 9.18. The summed E-state index contributed by atoms with van der Waals surface area (Å²) in [5, 5.41) is 6.40. The molecule has 1 aromatic rings. The molecular weight excluding hydrogens is 343 g/mol. The summed E-state index contributed by atoms with van der Waals surface area (Å²) in [6.45, 7) is 7.51. The number of unbranched alkanes of at least 4 members (excludes halogenated alkanes) is 1. The van der Waals surface area contributed by atoms with Crippen LogP contribution < -0.4 is 10.6 Å². The van der Waals surface area contributed by atoms with Gasteiger partial charge in [-0.25, -0.2) is 4.98 Å². The molecule has 0 amide bonds. The highest BCUT2D eigenvalue weighted by Crippen LogP contribution is 2.07. The Labute approximate surface area is 126 Å². The van der Waals surface area contributed by atoms with Gasteiger partial charge in [0.1, 0.15) is 5.76 Å². The van der Waals surface area contributed by atoms with Gasteiger partial charge in [-0.15, -0.1) is 24.0 Å². The van der Waals surface area contributed by atoms with Crippen LogP contribution in [-0.4, -0.2) is 24.5 Å². The number of aromatic nitrogens is 1. The lowest BCUT2D eigenvalue weighted by Crippen LogP contribution is -2.37. The van der Waals surface area contributed by atoms with Gasteiger partial charge in [0.2, 0.25) is 5.89 Å². The van der Waals surface area contributed by atoms with Crippen molar-refractivity contribution in [1.82, 2.24) is 15.6 Å². The van der Waals surface area contributed by atoms with E-state index in [4.69, 9.17) is 4.42 Å². The van der Waals surface area contributed by atoms with E-state index in [-0.39, 0.29) is 24.0 Å². The Morgan fingerprint density at radius 1 is 1.33 bits per heavy atom. The molecule has 0 unspecified atom stereocenters. The van der Waals surface area contributed by atoms with Crippen molar-refractivity contribution < 1.29 is 4.42 Å². The van der Waals surface area contributed by atoms with E-state index < -0.39 is 0 Å². The van der Waals surface area contributed by atoms with Gasteiger partial charge in [-0.1, -0.05) is 13.3 Å². The van der Waals surface area contributed by atoms with Crippen molar-refractivity contribution in [3.8, 4) is 0 Å². The van der Waals surface area contributed by atoms with Crippen LogP contribution in [0.1, 0.15) is 37.1 Å². The zero-order valence-electron chi connectivity index (χ0n) is 11.5. The largest absolute Gasteiger partial charge is 0.444 e. The third-order valence-electron chi connectivity index (χ3n) is 2.53. The highest BCUT2D eigenvalue weighted by atomic mass is 127.